The normalized spacial score (nSPS) is 11.9. The van der Waals surface area contributed by atoms with E-state index in [0.717, 1.165) is 0 Å². The summed E-state index contributed by atoms with van der Waals surface area (Å²) >= 11 is 0. The van der Waals surface area contributed by atoms with Gasteiger partial charge in [-0.15, -0.1) is 12.3 Å². The van der Waals surface area contributed by atoms with E-state index in [9.17, 15) is 9.50 Å². The van der Waals surface area contributed by atoms with Gasteiger partial charge in [0.2, 0.25) is 0 Å². The molecule has 0 aromatic heterocycles. The van der Waals surface area contributed by atoms with Crippen molar-refractivity contribution in [3.63, 3.8) is 0 Å². The van der Waals surface area contributed by atoms with Crippen LogP contribution in [-0.2, 0) is 0 Å². The average Bonchev–Trinajstić information content (AvgIpc) is 2.25. The lowest BCUT2D eigenvalue weighted by molar-refractivity contribution is 0.160. The lowest BCUT2D eigenvalue weighted by Crippen LogP contribution is -2.03. The molecule has 0 fully saturated rings. The van der Waals surface area contributed by atoms with Gasteiger partial charge in [-0.05, 0) is 18.6 Å². The van der Waals surface area contributed by atoms with E-state index in [-0.39, 0.29) is 5.56 Å². The second kappa shape index (κ2) is 5.38. The summed E-state index contributed by atoms with van der Waals surface area (Å²) in [6.45, 7) is 0. The monoisotopic (exact) mass is 208 g/mol. The van der Waals surface area contributed by atoms with Gasteiger partial charge in [-0.2, -0.15) is 0 Å². The third-order valence-electron chi connectivity index (χ3n) is 2.13. The SMILES string of the molecule is C#CCCC(O)c1c(F)cccc1OC. The van der Waals surface area contributed by atoms with E-state index in [2.05, 4.69) is 5.92 Å². The van der Waals surface area contributed by atoms with Crippen LogP contribution in [-0.4, -0.2) is 12.2 Å². The molecule has 1 unspecified atom stereocenters. The summed E-state index contributed by atoms with van der Waals surface area (Å²) in [6, 6.07) is 4.43. The van der Waals surface area contributed by atoms with E-state index < -0.39 is 11.9 Å². The van der Waals surface area contributed by atoms with Crippen LogP contribution in [0.1, 0.15) is 24.5 Å². The van der Waals surface area contributed by atoms with E-state index in [1.165, 1.54) is 19.2 Å². The highest BCUT2D eigenvalue weighted by Gasteiger charge is 2.17. The van der Waals surface area contributed by atoms with Crippen molar-refractivity contribution in [3.8, 4) is 18.1 Å². The van der Waals surface area contributed by atoms with Crippen molar-refractivity contribution in [1.82, 2.24) is 0 Å². The zero-order valence-electron chi connectivity index (χ0n) is 8.53. The summed E-state index contributed by atoms with van der Waals surface area (Å²) in [5.41, 5.74) is 0.176. The van der Waals surface area contributed by atoms with E-state index in [1.807, 2.05) is 0 Å². The van der Waals surface area contributed by atoms with Gasteiger partial charge in [0.15, 0.2) is 0 Å². The van der Waals surface area contributed by atoms with Gasteiger partial charge in [0.05, 0.1) is 18.8 Å². The highest BCUT2D eigenvalue weighted by molar-refractivity contribution is 5.36. The molecular weight excluding hydrogens is 195 g/mol. The van der Waals surface area contributed by atoms with Crippen molar-refractivity contribution >= 4 is 0 Å². The number of terminal acetylenes is 1. The molecule has 2 nitrogen and oxygen atoms in total. The fourth-order valence-electron chi connectivity index (χ4n) is 1.38. The van der Waals surface area contributed by atoms with Gasteiger partial charge >= 0.3 is 0 Å². The molecule has 0 aliphatic heterocycles. The van der Waals surface area contributed by atoms with E-state index >= 15 is 0 Å². The minimum atomic E-state index is -0.919. The predicted octanol–water partition coefficient (Wildman–Crippen LogP) is 2.28. The summed E-state index contributed by atoms with van der Waals surface area (Å²) < 4.78 is 18.4. The molecule has 1 atom stereocenters. The van der Waals surface area contributed by atoms with Crippen LogP contribution in [0.5, 0.6) is 5.75 Å². The maximum absolute atomic E-state index is 13.4. The molecule has 1 aromatic carbocycles. The van der Waals surface area contributed by atoms with Gasteiger partial charge < -0.3 is 9.84 Å². The molecule has 0 aliphatic carbocycles. The Hall–Kier alpha value is -1.53. The number of benzene rings is 1. The Morgan fingerprint density at radius 1 is 1.60 bits per heavy atom. The molecule has 0 saturated carbocycles. The van der Waals surface area contributed by atoms with Crippen LogP contribution in [0.4, 0.5) is 4.39 Å². The first-order valence-corrected chi connectivity index (χ1v) is 4.64. The van der Waals surface area contributed by atoms with Crippen molar-refractivity contribution in [2.24, 2.45) is 0 Å². The van der Waals surface area contributed by atoms with Gasteiger partial charge in [0.1, 0.15) is 11.6 Å². The van der Waals surface area contributed by atoms with Crippen molar-refractivity contribution in [3.05, 3.63) is 29.6 Å². The number of aliphatic hydroxyl groups excluding tert-OH is 1. The van der Waals surface area contributed by atoms with Crippen molar-refractivity contribution < 1.29 is 14.2 Å². The molecule has 0 heterocycles. The van der Waals surface area contributed by atoms with Crippen molar-refractivity contribution in [2.45, 2.75) is 18.9 Å². The molecular formula is C12H13FO2. The topological polar surface area (TPSA) is 29.5 Å². The van der Waals surface area contributed by atoms with Crippen LogP contribution >= 0.6 is 0 Å². The molecule has 0 bridgehead atoms. The molecule has 1 N–H and O–H groups in total. The highest BCUT2D eigenvalue weighted by Crippen LogP contribution is 2.30. The first kappa shape index (κ1) is 11.5. The Balaban J connectivity index is 2.96. The third-order valence-corrected chi connectivity index (χ3v) is 2.13. The molecule has 0 spiro atoms. The maximum Gasteiger partial charge on any atom is 0.132 e. The second-order valence-electron chi connectivity index (χ2n) is 3.11. The van der Waals surface area contributed by atoms with E-state index in [1.54, 1.807) is 6.07 Å². The van der Waals surface area contributed by atoms with Crippen molar-refractivity contribution in [1.29, 1.82) is 0 Å². The molecule has 15 heavy (non-hydrogen) atoms. The van der Waals surface area contributed by atoms with Crippen LogP contribution in [0.3, 0.4) is 0 Å². The average molecular weight is 208 g/mol. The number of aliphatic hydroxyl groups is 1. The predicted molar refractivity (Wildman–Crippen MR) is 56.0 cm³/mol. The Morgan fingerprint density at radius 3 is 2.93 bits per heavy atom. The van der Waals surface area contributed by atoms with Crippen LogP contribution < -0.4 is 4.74 Å². The van der Waals surface area contributed by atoms with E-state index in [4.69, 9.17) is 11.2 Å². The van der Waals surface area contributed by atoms with Crippen LogP contribution in [0, 0.1) is 18.2 Å². The summed E-state index contributed by atoms with van der Waals surface area (Å²) in [7, 11) is 1.44. The molecule has 1 aromatic rings. The molecule has 0 amide bonds. The Morgan fingerprint density at radius 2 is 2.33 bits per heavy atom. The fourth-order valence-corrected chi connectivity index (χ4v) is 1.38. The lowest BCUT2D eigenvalue weighted by atomic mass is 10.0. The number of rotatable bonds is 4. The summed E-state index contributed by atoms with van der Waals surface area (Å²) in [4.78, 5) is 0. The number of ether oxygens (including phenoxy) is 1. The molecule has 0 radical (unpaired) electrons. The zero-order valence-corrected chi connectivity index (χ0v) is 8.53. The summed E-state index contributed by atoms with van der Waals surface area (Å²) in [6.07, 6.45) is 4.89. The standard InChI is InChI=1S/C12H13FO2/c1-3-4-7-10(14)12-9(13)6-5-8-11(12)15-2/h1,5-6,8,10,14H,4,7H2,2H3. The molecule has 0 saturated heterocycles. The Bertz CT molecular complexity index is 368. The minimum Gasteiger partial charge on any atom is -0.496 e. The third kappa shape index (κ3) is 2.71. The molecule has 3 heteroatoms. The first-order chi connectivity index (χ1) is 7.20. The Kier molecular flexibility index (Phi) is 4.14. The zero-order chi connectivity index (χ0) is 11.3. The minimum absolute atomic E-state index is 0.176. The number of methoxy groups -OCH3 is 1. The van der Waals surface area contributed by atoms with Crippen molar-refractivity contribution in [2.75, 3.05) is 7.11 Å². The summed E-state index contributed by atoms with van der Waals surface area (Å²) in [5, 5.41) is 9.73. The van der Waals surface area contributed by atoms with E-state index in [0.29, 0.717) is 18.6 Å². The van der Waals surface area contributed by atoms with Gasteiger partial charge in [0, 0.05) is 6.42 Å². The largest absolute Gasteiger partial charge is 0.496 e. The number of hydrogen-bond donors (Lipinski definition) is 1. The smallest absolute Gasteiger partial charge is 0.132 e. The maximum atomic E-state index is 13.4. The van der Waals surface area contributed by atoms with Gasteiger partial charge in [-0.1, -0.05) is 6.07 Å². The molecule has 80 valence electrons. The number of halogens is 1. The quantitative estimate of drug-likeness (QED) is 0.769. The van der Waals surface area contributed by atoms with Gasteiger partial charge in [-0.25, -0.2) is 4.39 Å². The van der Waals surface area contributed by atoms with Gasteiger partial charge in [0.25, 0.3) is 0 Å². The highest BCUT2D eigenvalue weighted by atomic mass is 19.1. The second-order valence-corrected chi connectivity index (χ2v) is 3.11. The number of hydrogen-bond acceptors (Lipinski definition) is 2. The fraction of sp³-hybridized carbons (Fsp3) is 0.333. The first-order valence-electron chi connectivity index (χ1n) is 4.64. The molecule has 1 rings (SSSR count). The summed E-state index contributed by atoms with van der Waals surface area (Å²) in [5.74, 6) is 2.28. The lowest BCUT2D eigenvalue weighted by Gasteiger charge is -2.14. The molecule has 0 aliphatic rings. The van der Waals surface area contributed by atoms with Crippen LogP contribution in [0.2, 0.25) is 0 Å². The van der Waals surface area contributed by atoms with Crippen LogP contribution in [0.25, 0.3) is 0 Å². The van der Waals surface area contributed by atoms with Gasteiger partial charge in [-0.3, -0.25) is 0 Å². The Labute approximate surface area is 88.7 Å². The van der Waals surface area contributed by atoms with Crippen LogP contribution in [0.15, 0.2) is 18.2 Å².